The number of primary amides is 1. The van der Waals surface area contributed by atoms with Gasteiger partial charge in [-0.25, -0.2) is 9.97 Å². The average molecular weight is 499 g/mol. The molecule has 1 aliphatic rings. The number of rotatable bonds is 8. The van der Waals surface area contributed by atoms with E-state index in [9.17, 15) is 18.0 Å². The Labute approximate surface area is 208 Å². The normalized spacial score (nSPS) is 14.6. The van der Waals surface area contributed by atoms with E-state index in [0.29, 0.717) is 11.3 Å². The lowest BCUT2D eigenvalue weighted by atomic mass is 9.98. The van der Waals surface area contributed by atoms with E-state index in [4.69, 9.17) is 5.73 Å². The molecule has 1 fully saturated rings. The molecule has 0 unspecified atom stereocenters. The molecular formula is C26H29F3N6O. The number of nitrogens with zero attached hydrogens (tertiary/aromatic N) is 4. The highest BCUT2D eigenvalue weighted by molar-refractivity contribution is 5.77. The monoisotopic (exact) mass is 498 g/mol. The van der Waals surface area contributed by atoms with E-state index >= 15 is 0 Å². The minimum absolute atomic E-state index is 0.0303. The van der Waals surface area contributed by atoms with Gasteiger partial charge >= 0.3 is 6.18 Å². The zero-order chi connectivity index (χ0) is 25.7. The van der Waals surface area contributed by atoms with Crippen LogP contribution in [0.25, 0.3) is 0 Å². The predicted octanol–water partition coefficient (Wildman–Crippen LogP) is 3.80. The number of amides is 1. The van der Waals surface area contributed by atoms with E-state index in [1.807, 2.05) is 24.3 Å². The first-order chi connectivity index (χ1) is 17.2. The Morgan fingerprint density at radius 2 is 1.75 bits per heavy atom. The maximum Gasteiger partial charge on any atom is 0.419 e. The van der Waals surface area contributed by atoms with E-state index in [0.717, 1.165) is 43.6 Å². The van der Waals surface area contributed by atoms with Gasteiger partial charge in [-0.3, -0.25) is 4.79 Å². The van der Waals surface area contributed by atoms with E-state index in [2.05, 4.69) is 32.1 Å². The minimum atomic E-state index is -4.58. The van der Waals surface area contributed by atoms with Crippen LogP contribution < -0.4 is 16.0 Å². The number of halogens is 3. The Kier molecular flexibility index (Phi) is 7.73. The SMILES string of the molecule is CN1CCN(c2cccc(Nc3ncc(C(F)(F)F)c(CCc4ccccc4CC(N)=O)n3)c2)CC1. The van der Waals surface area contributed by atoms with Crippen molar-refractivity contribution in [2.75, 3.05) is 43.4 Å². The van der Waals surface area contributed by atoms with Crippen molar-refractivity contribution in [2.24, 2.45) is 5.73 Å². The number of aromatic nitrogens is 2. The van der Waals surface area contributed by atoms with Gasteiger partial charge in [-0.1, -0.05) is 30.3 Å². The summed E-state index contributed by atoms with van der Waals surface area (Å²) < 4.78 is 41.1. The number of aryl methyl sites for hydroxylation is 2. The number of carbonyl (C=O) groups is 1. The average Bonchev–Trinajstić information content (AvgIpc) is 2.83. The summed E-state index contributed by atoms with van der Waals surface area (Å²) in [5.74, 6) is -0.398. The van der Waals surface area contributed by atoms with Crippen molar-refractivity contribution >= 4 is 23.2 Å². The Balaban J connectivity index is 1.54. The molecule has 4 rings (SSSR count). The number of likely N-dealkylation sites (N-methyl/N-ethyl adjacent to an activating group) is 1. The highest BCUT2D eigenvalue weighted by Crippen LogP contribution is 2.32. The molecule has 1 amide bonds. The summed E-state index contributed by atoms with van der Waals surface area (Å²) in [6.07, 6.45) is -3.42. The number of hydrogen-bond acceptors (Lipinski definition) is 6. The number of nitrogens with two attached hydrogens (primary N) is 1. The Morgan fingerprint density at radius 3 is 2.44 bits per heavy atom. The molecule has 2 heterocycles. The van der Waals surface area contributed by atoms with Crippen molar-refractivity contribution in [3.8, 4) is 0 Å². The van der Waals surface area contributed by atoms with Crippen molar-refractivity contribution in [2.45, 2.75) is 25.4 Å². The van der Waals surface area contributed by atoms with Crippen LogP contribution in [-0.4, -0.2) is 54.0 Å². The van der Waals surface area contributed by atoms with Crippen molar-refractivity contribution in [3.63, 3.8) is 0 Å². The van der Waals surface area contributed by atoms with Gasteiger partial charge in [-0.15, -0.1) is 0 Å². The van der Waals surface area contributed by atoms with Crippen molar-refractivity contribution in [1.82, 2.24) is 14.9 Å². The molecule has 1 saturated heterocycles. The molecule has 0 bridgehead atoms. The molecule has 190 valence electrons. The summed E-state index contributed by atoms with van der Waals surface area (Å²) in [4.78, 5) is 24.1. The third-order valence-electron chi connectivity index (χ3n) is 6.26. The zero-order valence-corrected chi connectivity index (χ0v) is 20.1. The van der Waals surface area contributed by atoms with Crippen LogP contribution >= 0.6 is 0 Å². The topological polar surface area (TPSA) is 87.4 Å². The van der Waals surface area contributed by atoms with Crippen LogP contribution in [0.1, 0.15) is 22.4 Å². The second-order valence-corrected chi connectivity index (χ2v) is 8.93. The number of hydrogen-bond donors (Lipinski definition) is 2. The molecule has 0 radical (unpaired) electrons. The number of piperazine rings is 1. The highest BCUT2D eigenvalue weighted by Gasteiger charge is 2.35. The van der Waals surface area contributed by atoms with Crippen LogP contribution in [0.5, 0.6) is 0 Å². The fourth-order valence-corrected chi connectivity index (χ4v) is 4.29. The largest absolute Gasteiger partial charge is 0.419 e. The molecule has 1 aliphatic heterocycles. The maximum absolute atomic E-state index is 13.7. The second-order valence-electron chi connectivity index (χ2n) is 8.93. The first-order valence-electron chi connectivity index (χ1n) is 11.8. The maximum atomic E-state index is 13.7. The van der Waals surface area contributed by atoms with Crippen LogP contribution in [0.15, 0.2) is 54.7 Å². The molecule has 3 aromatic rings. The van der Waals surface area contributed by atoms with Gasteiger partial charge in [0.15, 0.2) is 0 Å². The van der Waals surface area contributed by atoms with Gasteiger partial charge in [0.25, 0.3) is 0 Å². The third-order valence-corrected chi connectivity index (χ3v) is 6.26. The van der Waals surface area contributed by atoms with E-state index in [-0.39, 0.29) is 30.9 Å². The number of anilines is 3. The molecule has 10 heteroatoms. The molecule has 0 atom stereocenters. The molecule has 3 N–H and O–H groups in total. The van der Waals surface area contributed by atoms with Gasteiger partial charge < -0.3 is 20.9 Å². The summed E-state index contributed by atoms with van der Waals surface area (Å²) in [5, 5.41) is 3.06. The molecule has 0 spiro atoms. The van der Waals surface area contributed by atoms with Gasteiger partial charge in [-0.05, 0) is 49.2 Å². The van der Waals surface area contributed by atoms with E-state index in [1.54, 1.807) is 24.3 Å². The van der Waals surface area contributed by atoms with Gasteiger partial charge in [0, 0.05) is 43.8 Å². The molecule has 2 aromatic carbocycles. The summed E-state index contributed by atoms with van der Waals surface area (Å²) >= 11 is 0. The van der Waals surface area contributed by atoms with Crippen molar-refractivity contribution < 1.29 is 18.0 Å². The smallest absolute Gasteiger partial charge is 0.369 e. The lowest BCUT2D eigenvalue weighted by Gasteiger charge is -2.34. The Hall–Kier alpha value is -3.66. The lowest BCUT2D eigenvalue weighted by Crippen LogP contribution is -2.44. The van der Waals surface area contributed by atoms with Crippen LogP contribution in [0.4, 0.5) is 30.5 Å². The van der Waals surface area contributed by atoms with Gasteiger partial charge in [0.05, 0.1) is 17.7 Å². The van der Waals surface area contributed by atoms with Crippen LogP contribution in [0.3, 0.4) is 0 Å². The van der Waals surface area contributed by atoms with Crippen molar-refractivity contribution in [3.05, 3.63) is 77.1 Å². The fourth-order valence-electron chi connectivity index (χ4n) is 4.29. The molecule has 7 nitrogen and oxygen atoms in total. The molecule has 0 aliphatic carbocycles. The van der Waals surface area contributed by atoms with Crippen molar-refractivity contribution in [1.29, 1.82) is 0 Å². The highest BCUT2D eigenvalue weighted by atomic mass is 19.4. The standard InChI is InChI=1S/C26H29F3N6O/c1-34-11-13-35(14-12-34)21-8-4-7-20(16-21)32-25-31-17-22(26(27,28)29)23(33-25)10-9-18-5-2-3-6-19(18)15-24(30)36/h2-8,16-17H,9-15H2,1H3,(H2,30,36)(H,31,32,33). The Bertz CT molecular complexity index is 1210. The Morgan fingerprint density at radius 1 is 1.03 bits per heavy atom. The van der Waals surface area contributed by atoms with Gasteiger partial charge in [-0.2, -0.15) is 13.2 Å². The number of nitrogens with one attached hydrogen (secondary N) is 1. The molecule has 1 aromatic heterocycles. The first-order valence-corrected chi connectivity index (χ1v) is 11.8. The zero-order valence-electron chi connectivity index (χ0n) is 20.1. The van der Waals surface area contributed by atoms with Gasteiger partial charge in [0.1, 0.15) is 0 Å². The summed E-state index contributed by atoms with van der Waals surface area (Å²) in [7, 11) is 2.09. The molecule has 0 saturated carbocycles. The first kappa shape index (κ1) is 25.4. The summed E-state index contributed by atoms with van der Waals surface area (Å²) in [6, 6.07) is 14.8. The second kappa shape index (κ2) is 10.9. The molecular weight excluding hydrogens is 469 g/mol. The predicted molar refractivity (Wildman–Crippen MR) is 133 cm³/mol. The quantitative estimate of drug-likeness (QED) is 0.491. The third kappa shape index (κ3) is 6.51. The number of carbonyl (C=O) groups excluding carboxylic acids is 1. The number of benzene rings is 2. The van der Waals surface area contributed by atoms with E-state index in [1.165, 1.54) is 0 Å². The summed E-state index contributed by atoms with van der Waals surface area (Å²) in [6.45, 7) is 3.73. The number of alkyl halides is 3. The van der Waals surface area contributed by atoms with Crippen LogP contribution in [-0.2, 0) is 30.2 Å². The van der Waals surface area contributed by atoms with E-state index < -0.39 is 17.6 Å². The summed E-state index contributed by atoms with van der Waals surface area (Å²) in [5.41, 5.74) is 7.54. The van der Waals surface area contributed by atoms with Gasteiger partial charge in [0.2, 0.25) is 11.9 Å². The molecule has 36 heavy (non-hydrogen) atoms. The minimum Gasteiger partial charge on any atom is -0.369 e. The fraction of sp³-hybridized carbons (Fsp3) is 0.346. The lowest BCUT2D eigenvalue weighted by molar-refractivity contribution is -0.138. The van der Waals surface area contributed by atoms with Crippen LogP contribution in [0, 0.1) is 0 Å². The van der Waals surface area contributed by atoms with Crippen LogP contribution in [0.2, 0.25) is 0 Å².